The SMILES string of the molecule is [O]C(=O)C(=C=CC(=O)O)C1C2CC3CC(C2)CC1C3. The summed E-state index contributed by atoms with van der Waals surface area (Å²) in [5.74, 6) is -0.181. The Morgan fingerprint density at radius 1 is 1.00 bits per heavy atom. The lowest BCUT2D eigenvalue weighted by atomic mass is 9.50. The smallest absolute Gasteiger partial charge is 0.390 e. The predicted molar refractivity (Wildman–Crippen MR) is 65.5 cm³/mol. The zero-order valence-corrected chi connectivity index (χ0v) is 10.7. The summed E-state index contributed by atoms with van der Waals surface area (Å²) in [6, 6.07) is 0. The molecule has 0 aromatic carbocycles. The summed E-state index contributed by atoms with van der Waals surface area (Å²) in [5, 5.41) is 20.0. The van der Waals surface area contributed by atoms with Crippen LogP contribution in [0.2, 0.25) is 0 Å². The Hall–Kier alpha value is -1.54. The highest BCUT2D eigenvalue weighted by Crippen LogP contribution is 2.58. The second-order valence-corrected chi connectivity index (χ2v) is 6.28. The van der Waals surface area contributed by atoms with Gasteiger partial charge in [0, 0.05) is 5.92 Å². The van der Waals surface area contributed by atoms with Crippen LogP contribution in [0, 0.1) is 29.6 Å². The van der Waals surface area contributed by atoms with Crippen LogP contribution in [0.15, 0.2) is 17.4 Å². The van der Waals surface area contributed by atoms with E-state index >= 15 is 0 Å². The van der Waals surface area contributed by atoms with E-state index in [1.165, 1.54) is 6.42 Å². The number of carboxylic acid groups (broad SMARTS) is 1. The average Bonchev–Trinajstić information content (AvgIpc) is 2.30. The van der Waals surface area contributed by atoms with E-state index in [2.05, 4.69) is 5.73 Å². The van der Waals surface area contributed by atoms with Crippen LogP contribution >= 0.6 is 0 Å². The summed E-state index contributed by atoms with van der Waals surface area (Å²) in [5.41, 5.74) is 2.56. The number of hydrogen-bond acceptors (Lipinski definition) is 2. The maximum absolute atomic E-state index is 11.3. The summed E-state index contributed by atoms with van der Waals surface area (Å²) < 4.78 is 0. The number of carbonyl (C=O) groups is 2. The minimum absolute atomic E-state index is 0.0478. The molecule has 0 unspecified atom stereocenters. The van der Waals surface area contributed by atoms with Gasteiger partial charge >= 0.3 is 11.9 Å². The number of carboxylic acids is 1. The molecule has 1 N–H and O–H groups in total. The van der Waals surface area contributed by atoms with E-state index in [1.54, 1.807) is 0 Å². The molecule has 4 bridgehead atoms. The molecule has 0 heterocycles. The third-order valence-corrected chi connectivity index (χ3v) is 5.13. The summed E-state index contributed by atoms with van der Waals surface area (Å²) in [6.07, 6.45) is 6.45. The molecule has 4 saturated carbocycles. The van der Waals surface area contributed by atoms with Crippen LogP contribution in [-0.2, 0) is 14.7 Å². The molecule has 0 saturated heterocycles. The van der Waals surface area contributed by atoms with E-state index in [1.807, 2.05) is 0 Å². The van der Waals surface area contributed by atoms with Gasteiger partial charge in [-0.05, 0) is 55.8 Å². The highest BCUT2D eigenvalue weighted by atomic mass is 16.4. The van der Waals surface area contributed by atoms with Gasteiger partial charge in [-0.2, -0.15) is 0 Å². The van der Waals surface area contributed by atoms with Gasteiger partial charge in [-0.15, -0.1) is 5.73 Å². The Balaban J connectivity index is 1.93. The van der Waals surface area contributed by atoms with Gasteiger partial charge in [-0.25, -0.2) is 14.7 Å². The lowest BCUT2D eigenvalue weighted by Crippen LogP contribution is -2.46. The molecule has 0 aliphatic heterocycles. The first-order valence-corrected chi connectivity index (χ1v) is 6.95. The molecule has 101 valence electrons. The van der Waals surface area contributed by atoms with E-state index in [9.17, 15) is 14.7 Å². The van der Waals surface area contributed by atoms with Crippen LogP contribution in [0.5, 0.6) is 0 Å². The minimum Gasteiger partial charge on any atom is -0.478 e. The van der Waals surface area contributed by atoms with Crippen molar-refractivity contribution in [2.75, 3.05) is 0 Å². The standard InChI is InChI=1S/C15H17O4/c16-13(17)2-1-12(15(18)19)14-10-4-8-3-9(6-10)7-11(14)5-8/h2,8-11,14H,3-7H2,(H,16,17). The average molecular weight is 261 g/mol. The minimum atomic E-state index is -1.25. The van der Waals surface area contributed by atoms with Crippen LogP contribution < -0.4 is 0 Å². The van der Waals surface area contributed by atoms with Gasteiger partial charge < -0.3 is 5.11 Å². The summed E-state index contributed by atoms with van der Waals surface area (Å²) in [6.45, 7) is 0. The van der Waals surface area contributed by atoms with Crippen molar-refractivity contribution in [1.82, 2.24) is 0 Å². The monoisotopic (exact) mass is 261 g/mol. The van der Waals surface area contributed by atoms with Crippen molar-refractivity contribution in [3.63, 3.8) is 0 Å². The Morgan fingerprint density at radius 3 is 1.95 bits per heavy atom. The topological polar surface area (TPSA) is 74.3 Å². The summed E-state index contributed by atoms with van der Waals surface area (Å²) in [4.78, 5) is 21.9. The number of rotatable bonds is 3. The van der Waals surface area contributed by atoms with Gasteiger partial charge in [0.15, 0.2) is 0 Å². The van der Waals surface area contributed by atoms with E-state index < -0.39 is 11.9 Å². The molecule has 4 fully saturated rings. The maximum atomic E-state index is 11.3. The summed E-state index contributed by atoms with van der Waals surface area (Å²) in [7, 11) is 0. The van der Waals surface area contributed by atoms with Crippen molar-refractivity contribution in [3.05, 3.63) is 17.4 Å². The molecular weight excluding hydrogens is 244 g/mol. The molecule has 0 aromatic heterocycles. The molecule has 4 nitrogen and oxygen atoms in total. The van der Waals surface area contributed by atoms with E-state index in [0.29, 0.717) is 11.8 Å². The third-order valence-electron chi connectivity index (χ3n) is 5.13. The van der Waals surface area contributed by atoms with Crippen molar-refractivity contribution < 1.29 is 19.8 Å². The lowest BCUT2D eigenvalue weighted by molar-refractivity contribution is -0.141. The van der Waals surface area contributed by atoms with Gasteiger partial charge in [0.05, 0.1) is 11.6 Å². The first kappa shape index (κ1) is 12.5. The number of hydrogen-bond donors (Lipinski definition) is 1. The van der Waals surface area contributed by atoms with Crippen LogP contribution in [0.1, 0.15) is 32.1 Å². The summed E-state index contributed by atoms with van der Waals surface area (Å²) >= 11 is 0. The predicted octanol–water partition coefficient (Wildman–Crippen LogP) is 2.18. The van der Waals surface area contributed by atoms with E-state index in [-0.39, 0.29) is 11.5 Å². The lowest BCUT2D eigenvalue weighted by Gasteiger charge is -2.54. The number of aliphatic carboxylic acids is 1. The largest absolute Gasteiger partial charge is 0.478 e. The highest BCUT2D eigenvalue weighted by Gasteiger charge is 2.50. The molecule has 4 aliphatic carbocycles. The van der Waals surface area contributed by atoms with Crippen LogP contribution in [0.3, 0.4) is 0 Å². The van der Waals surface area contributed by atoms with Gasteiger partial charge in [0.25, 0.3) is 0 Å². The third kappa shape index (κ3) is 2.21. The Kier molecular flexibility index (Phi) is 2.98. The fourth-order valence-electron chi connectivity index (χ4n) is 4.83. The van der Waals surface area contributed by atoms with Gasteiger partial charge in [0.1, 0.15) is 0 Å². The van der Waals surface area contributed by atoms with Gasteiger partial charge in [0.2, 0.25) is 0 Å². The van der Waals surface area contributed by atoms with Crippen LogP contribution in [-0.4, -0.2) is 17.0 Å². The first-order valence-electron chi connectivity index (χ1n) is 6.95. The second-order valence-electron chi connectivity index (χ2n) is 6.28. The van der Waals surface area contributed by atoms with Crippen LogP contribution in [0.4, 0.5) is 0 Å². The normalized spacial score (nSPS) is 38.6. The molecule has 0 atom stereocenters. The fraction of sp³-hybridized carbons (Fsp3) is 0.667. The van der Waals surface area contributed by atoms with E-state index in [4.69, 9.17) is 5.11 Å². The van der Waals surface area contributed by atoms with Gasteiger partial charge in [-0.1, -0.05) is 0 Å². The molecule has 0 spiro atoms. The van der Waals surface area contributed by atoms with Crippen LogP contribution in [0.25, 0.3) is 0 Å². The zero-order chi connectivity index (χ0) is 13.6. The van der Waals surface area contributed by atoms with Crippen molar-refractivity contribution in [1.29, 1.82) is 0 Å². The molecule has 0 aromatic rings. The van der Waals surface area contributed by atoms with E-state index in [0.717, 1.165) is 43.6 Å². The molecule has 4 aliphatic rings. The van der Waals surface area contributed by atoms with Crippen molar-refractivity contribution in [2.24, 2.45) is 29.6 Å². The molecule has 1 radical (unpaired) electrons. The number of carbonyl (C=O) groups excluding carboxylic acids is 1. The molecular formula is C15H17O4. The van der Waals surface area contributed by atoms with Gasteiger partial charge in [-0.3, -0.25) is 0 Å². The quantitative estimate of drug-likeness (QED) is 0.625. The molecule has 4 heteroatoms. The Morgan fingerprint density at radius 2 is 1.53 bits per heavy atom. The Labute approximate surface area is 111 Å². The molecule has 19 heavy (non-hydrogen) atoms. The van der Waals surface area contributed by atoms with Crippen molar-refractivity contribution >= 4 is 11.9 Å². The molecule has 4 rings (SSSR count). The maximum Gasteiger partial charge on any atom is 0.390 e. The molecule has 0 amide bonds. The second kappa shape index (κ2) is 4.53. The highest BCUT2D eigenvalue weighted by molar-refractivity contribution is 5.88. The Bertz CT molecular complexity index is 456. The first-order chi connectivity index (χ1) is 9.04. The zero-order valence-electron chi connectivity index (χ0n) is 10.7. The van der Waals surface area contributed by atoms with Crippen molar-refractivity contribution in [3.8, 4) is 0 Å². The van der Waals surface area contributed by atoms with Crippen molar-refractivity contribution in [2.45, 2.75) is 32.1 Å². The fourth-order valence-corrected chi connectivity index (χ4v) is 4.83.